The van der Waals surface area contributed by atoms with E-state index in [4.69, 9.17) is 19.5 Å². The summed E-state index contributed by atoms with van der Waals surface area (Å²) in [6, 6.07) is 13.7. The van der Waals surface area contributed by atoms with Gasteiger partial charge in [0.1, 0.15) is 0 Å². The molecule has 1 N–H and O–H groups in total. The quantitative estimate of drug-likeness (QED) is 0.715. The van der Waals surface area contributed by atoms with Crippen LogP contribution in [0.5, 0.6) is 11.5 Å². The molecule has 1 atom stereocenters. The molecule has 1 saturated carbocycles. The van der Waals surface area contributed by atoms with Gasteiger partial charge in [0.2, 0.25) is 0 Å². The topological polar surface area (TPSA) is 80.6 Å². The summed E-state index contributed by atoms with van der Waals surface area (Å²) in [4.78, 5) is 12.4. The molecule has 27 heavy (non-hydrogen) atoms. The summed E-state index contributed by atoms with van der Waals surface area (Å²) < 4.78 is 16.6. The van der Waals surface area contributed by atoms with Crippen LogP contribution in [0.3, 0.4) is 0 Å². The second kappa shape index (κ2) is 8.45. The standard InChI is InChI=1S/C21H22N2O4/c1-3-26-19-12-15(6-11-18(19)27-17-9-10-17)20(21(24)25-2)23-16-7-4-14(13-22)5-8-16/h4-8,11-12,17,20,23H,3,9-10H2,1-2H3. The van der Waals surface area contributed by atoms with Crippen LogP contribution in [0.2, 0.25) is 0 Å². The molecular formula is C21H22N2O4. The van der Waals surface area contributed by atoms with Crippen LogP contribution >= 0.6 is 0 Å². The minimum atomic E-state index is -0.711. The normalized spacial score (nSPS) is 14.0. The van der Waals surface area contributed by atoms with Gasteiger partial charge in [-0.15, -0.1) is 0 Å². The number of hydrogen-bond acceptors (Lipinski definition) is 6. The van der Waals surface area contributed by atoms with Crippen molar-refractivity contribution < 1.29 is 19.0 Å². The summed E-state index contributed by atoms with van der Waals surface area (Å²) in [6.45, 7) is 2.40. The first-order valence-corrected chi connectivity index (χ1v) is 8.92. The minimum Gasteiger partial charge on any atom is -0.490 e. The summed E-state index contributed by atoms with van der Waals surface area (Å²) in [6.07, 6.45) is 2.36. The zero-order valence-electron chi connectivity index (χ0n) is 15.4. The van der Waals surface area contributed by atoms with Crippen molar-refractivity contribution in [2.24, 2.45) is 0 Å². The summed E-state index contributed by atoms with van der Waals surface area (Å²) >= 11 is 0. The highest BCUT2D eigenvalue weighted by molar-refractivity contribution is 5.81. The molecular weight excluding hydrogens is 344 g/mol. The molecule has 6 heteroatoms. The van der Waals surface area contributed by atoms with Gasteiger partial charge in [0.25, 0.3) is 0 Å². The first-order valence-electron chi connectivity index (χ1n) is 8.92. The molecule has 1 fully saturated rings. The molecule has 2 aromatic carbocycles. The third-order valence-corrected chi connectivity index (χ3v) is 4.18. The lowest BCUT2D eigenvalue weighted by Gasteiger charge is -2.20. The van der Waals surface area contributed by atoms with Crippen molar-refractivity contribution >= 4 is 11.7 Å². The van der Waals surface area contributed by atoms with Gasteiger partial charge >= 0.3 is 5.97 Å². The zero-order chi connectivity index (χ0) is 19.2. The molecule has 0 spiro atoms. The molecule has 3 rings (SSSR count). The van der Waals surface area contributed by atoms with Crippen LogP contribution in [0, 0.1) is 11.3 Å². The van der Waals surface area contributed by atoms with Crippen LogP contribution in [-0.4, -0.2) is 25.8 Å². The largest absolute Gasteiger partial charge is 0.490 e. The number of nitrogens with one attached hydrogen (secondary N) is 1. The third kappa shape index (κ3) is 4.70. The van der Waals surface area contributed by atoms with Gasteiger partial charge in [0, 0.05) is 5.69 Å². The number of carbonyl (C=O) groups is 1. The Labute approximate surface area is 158 Å². The zero-order valence-corrected chi connectivity index (χ0v) is 15.4. The van der Waals surface area contributed by atoms with Crippen molar-refractivity contribution in [1.82, 2.24) is 0 Å². The average molecular weight is 366 g/mol. The number of rotatable bonds is 8. The highest BCUT2D eigenvalue weighted by Crippen LogP contribution is 2.36. The molecule has 1 unspecified atom stereocenters. The van der Waals surface area contributed by atoms with E-state index in [1.54, 1.807) is 30.3 Å². The van der Waals surface area contributed by atoms with Gasteiger partial charge in [0.15, 0.2) is 17.5 Å². The fraction of sp³-hybridized carbons (Fsp3) is 0.333. The summed E-state index contributed by atoms with van der Waals surface area (Å²) in [5.41, 5.74) is 1.97. The van der Waals surface area contributed by atoms with Crippen LogP contribution in [0.25, 0.3) is 0 Å². The van der Waals surface area contributed by atoms with Gasteiger partial charge in [-0.3, -0.25) is 0 Å². The van der Waals surface area contributed by atoms with E-state index < -0.39 is 12.0 Å². The van der Waals surface area contributed by atoms with Gasteiger partial charge in [-0.05, 0) is 61.7 Å². The molecule has 0 saturated heterocycles. The molecule has 0 bridgehead atoms. The lowest BCUT2D eigenvalue weighted by atomic mass is 10.1. The van der Waals surface area contributed by atoms with Crippen LogP contribution in [0.1, 0.15) is 36.9 Å². The lowest BCUT2D eigenvalue weighted by molar-refractivity contribution is -0.141. The lowest BCUT2D eigenvalue weighted by Crippen LogP contribution is -2.22. The van der Waals surface area contributed by atoms with E-state index in [0.29, 0.717) is 34.9 Å². The summed E-state index contributed by atoms with van der Waals surface area (Å²) in [5.74, 6) is 0.875. The maximum absolute atomic E-state index is 12.4. The average Bonchev–Trinajstić information content (AvgIpc) is 3.52. The number of anilines is 1. The van der Waals surface area contributed by atoms with E-state index >= 15 is 0 Å². The van der Waals surface area contributed by atoms with Crippen LogP contribution in [0.15, 0.2) is 42.5 Å². The van der Waals surface area contributed by atoms with Crippen molar-refractivity contribution in [2.75, 3.05) is 19.0 Å². The highest BCUT2D eigenvalue weighted by atomic mass is 16.5. The van der Waals surface area contributed by atoms with Crippen molar-refractivity contribution in [3.63, 3.8) is 0 Å². The minimum absolute atomic E-state index is 0.253. The van der Waals surface area contributed by atoms with Gasteiger partial charge in [-0.25, -0.2) is 4.79 Å². The van der Waals surface area contributed by atoms with Crippen molar-refractivity contribution in [3.8, 4) is 17.6 Å². The van der Waals surface area contributed by atoms with Gasteiger partial charge < -0.3 is 19.5 Å². The number of nitriles is 1. The molecule has 0 heterocycles. The Bertz CT molecular complexity index is 838. The van der Waals surface area contributed by atoms with Crippen molar-refractivity contribution in [1.29, 1.82) is 5.26 Å². The molecule has 140 valence electrons. The Kier molecular flexibility index (Phi) is 5.82. The Morgan fingerprint density at radius 2 is 1.96 bits per heavy atom. The molecule has 1 aliphatic carbocycles. The Hall–Kier alpha value is -3.20. The number of hydrogen-bond donors (Lipinski definition) is 1. The van der Waals surface area contributed by atoms with Crippen LogP contribution < -0.4 is 14.8 Å². The second-order valence-electron chi connectivity index (χ2n) is 6.25. The molecule has 0 amide bonds. The van der Waals surface area contributed by atoms with E-state index in [1.807, 2.05) is 19.1 Å². The first-order chi connectivity index (χ1) is 13.1. The second-order valence-corrected chi connectivity index (χ2v) is 6.25. The third-order valence-electron chi connectivity index (χ3n) is 4.18. The van der Waals surface area contributed by atoms with E-state index in [-0.39, 0.29) is 6.10 Å². The van der Waals surface area contributed by atoms with E-state index in [9.17, 15) is 4.79 Å². The number of nitrogens with zero attached hydrogens (tertiary/aromatic N) is 1. The molecule has 0 aromatic heterocycles. The molecule has 0 radical (unpaired) electrons. The number of benzene rings is 2. The van der Waals surface area contributed by atoms with Crippen LogP contribution in [-0.2, 0) is 9.53 Å². The summed E-state index contributed by atoms with van der Waals surface area (Å²) in [7, 11) is 1.35. The Morgan fingerprint density at radius 1 is 1.22 bits per heavy atom. The number of carbonyl (C=O) groups excluding carboxylic acids is 1. The van der Waals surface area contributed by atoms with Gasteiger partial charge in [-0.2, -0.15) is 5.26 Å². The van der Waals surface area contributed by atoms with E-state index in [2.05, 4.69) is 11.4 Å². The Balaban J connectivity index is 1.87. The molecule has 1 aliphatic rings. The van der Waals surface area contributed by atoms with Gasteiger partial charge in [-0.1, -0.05) is 6.07 Å². The molecule has 2 aromatic rings. The van der Waals surface area contributed by atoms with Gasteiger partial charge in [0.05, 0.1) is 31.5 Å². The van der Waals surface area contributed by atoms with Crippen LogP contribution in [0.4, 0.5) is 5.69 Å². The first kappa shape index (κ1) is 18.6. The smallest absolute Gasteiger partial charge is 0.332 e. The van der Waals surface area contributed by atoms with Crippen molar-refractivity contribution in [3.05, 3.63) is 53.6 Å². The van der Waals surface area contributed by atoms with E-state index in [1.165, 1.54) is 7.11 Å². The fourth-order valence-electron chi connectivity index (χ4n) is 2.64. The summed E-state index contributed by atoms with van der Waals surface area (Å²) in [5, 5.41) is 12.1. The maximum atomic E-state index is 12.4. The van der Waals surface area contributed by atoms with Crippen molar-refractivity contribution in [2.45, 2.75) is 31.9 Å². The fourth-order valence-corrected chi connectivity index (χ4v) is 2.64. The van der Waals surface area contributed by atoms with E-state index in [0.717, 1.165) is 12.8 Å². The predicted octanol–water partition coefficient (Wildman–Crippen LogP) is 3.82. The number of esters is 1. The highest BCUT2D eigenvalue weighted by Gasteiger charge is 2.27. The molecule has 0 aliphatic heterocycles. The Morgan fingerprint density at radius 3 is 2.56 bits per heavy atom. The monoisotopic (exact) mass is 366 g/mol. The SMILES string of the molecule is CCOc1cc(C(Nc2ccc(C#N)cc2)C(=O)OC)ccc1OC1CC1. The molecule has 6 nitrogen and oxygen atoms in total. The number of methoxy groups -OCH3 is 1. The predicted molar refractivity (Wildman–Crippen MR) is 101 cm³/mol. The maximum Gasteiger partial charge on any atom is 0.332 e. The number of ether oxygens (including phenoxy) is 3.